The molecule has 1 saturated carbocycles. The first kappa shape index (κ1) is 18.3. The molecule has 0 unspecified atom stereocenters. The van der Waals surface area contributed by atoms with Crippen LogP contribution in [-0.4, -0.2) is 30.6 Å². The van der Waals surface area contributed by atoms with Gasteiger partial charge in [0.25, 0.3) is 0 Å². The van der Waals surface area contributed by atoms with Crippen LogP contribution < -0.4 is 14.2 Å². The number of carbonyl (C=O) groups is 1. The maximum atomic E-state index is 13.1. The first-order valence-corrected chi connectivity index (χ1v) is 10.3. The van der Waals surface area contributed by atoms with E-state index in [9.17, 15) is 4.79 Å². The largest absolute Gasteiger partial charge is 0.497 e. The summed E-state index contributed by atoms with van der Waals surface area (Å²) < 4.78 is 17.4. The number of rotatable bonds is 3. The van der Waals surface area contributed by atoms with Gasteiger partial charge in [0, 0.05) is 12.6 Å². The number of aryl methyl sites for hydroxylation is 1. The molecule has 3 aliphatic rings. The van der Waals surface area contributed by atoms with Gasteiger partial charge in [0.2, 0.25) is 5.78 Å². The van der Waals surface area contributed by atoms with Crippen LogP contribution in [0.3, 0.4) is 0 Å². The monoisotopic (exact) mass is 391 g/mol. The van der Waals surface area contributed by atoms with E-state index in [0.29, 0.717) is 29.8 Å². The average Bonchev–Trinajstić information content (AvgIpc) is 3.38. The van der Waals surface area contributed by atoms with Crippen molar-refractivity contribution >= 4 is 11.9 Å². The number of ketones is 1. The van der Waals surface area contributed by atoms with Crippen molar-refractivity contribution in [3.05, 3.63) is 58.3 Å². The highest BCUT2D eigenvalue weighted by molar-refractivity contribution is 6.15. The number of ether oxygens (including phenoxy) is 3. The molecule has 29 heavy (non-hydrogen) atoms. The number of fused-ring (bicyclic) bond motifs is 3. The normalized spacial score (nSPS) is 20.3. The van der Waals surface area contributed by atoms with E-state index < -0.39 is 0 Å². The molecule has 0 aromatic heterocycles. The van der Waals surface area contributed by atoms with Crippen LogP contribution in [0.4, 0.5) is 0 Å². The minimum Gasteiger partial charge on any atom is -0.497 e. The zero-order chi connectivity index (χ0) is 20.0. The second kappa shape index (κ2) is 7.23. The van der Waals surface area contributed by atoms with Crippen molar-refractivity contribution in [1.82, 2.24) is 4.90 Å². The lowest BCUT2D eigenvalue weighted by Crippen LogP contribution is -2.39. The van der Waals surface area contributed by atoms with Gasteiger partial charge in [-0.15, -0.1) is 0 Å². The Balaban J connectivity index is 1.48. The van der Waals surface area contributed by atoms with Crippen molar-refractivity contribution in [1.29, 1.82) is 0 Å². The number of allylic oxidation sites excluding steroid dienone is 1. The van der Waals surface area contributed by atoms with Crippen LogP contribution in [0.2, 0.25) is 0 Å². The minimum absolute atomic E-state index is 0.0610. The summed E-state index contributed by atoms with van der Waals surface area (Å²) in [4.78, 5) is 15.5. The van der Waals surface area contributed by atoms with Gasteiger partial charge in [-0.1, -0.05) is 25.0 Å². The van der Waals surface area contributed by atoms with Crippen LogP contribution in [-0.2, 0) is 6.54 Å². The van der Waals surface area contributed by atoms with Gasteiger partial charge in [0.05, 0.1) is 18.2 Å². The Bertz CT molecular complexity index is 987. The van der Waals surface area contributed by atoms with Gasteiger partial charge in [0.15, 0.2) is 5.76 Å². The number of carbonyl (C=O) groups excluding carboxylic acids is 1. The maximum Gasteiger partial charge on any atom is 0.232 e. The van der Waals surface area contributed by atoms with Crippen molar-refractivity contribution in [3.8, 4) is 17.2 Å². The molecule has 5 rings (SSSR count). The number of hydrogen-bond donors (Lipinski definition) is 0. The van der Waals surface area contributed by atoms with Crippen molar-refractivity contribution < 1.29 is 19.0 Å². The lowest BCUT2D eigenvalue weighted by Gasteiger charge is -2.34. The van der Waals surface area contributed by atoms with E-state index in [-0.39, 0.29) is 5.78 Å². The molecule has 0 bridgehead atoms. The quantitative estimate of drug-likeness (QED) is 0.709. The Morgan fingerprint density at radius 2 is 1.93 bits per heavy atom. The molecule has 0 N–H and O–H groups in total. The molecule has 1 fully saturated rings. The molecule has 2 aliphatic heterocycles. The molecule has 0 saturated heterocycles. The molecule has 0 amide bonds. The number of hydrogen-bond acceptors (Lipinski definition) is 5. The first-order chi connectivity index (χ1) is 14.1. The van der Waals surface area contributed by atoms with Crippen LogP contribution in [0.5, 0.6) is 17.2 Å². The predicted molar refractivity (Wildman–Crippen MR) is 110 cm³/mol. The van der Waals surface area contributed by atoms with Gasteiger partial charge >= 0.3 is 0 Å². The Morgan fingerprint density at radius 1 is 1.17 bits per heavy atom. The van der Waals surface area contributed by atoms with Crippen LogP contribution in [0, 0.1) is 6.92 Å². The average molecular weight is 391 g/mol. The first-order valence-electron chi connectivity index (χ1n) is 10.3. The van der Waals surface area contributed by atoms with Crippen molar-refractivity contribution in [2.45, 2.75) is 45.2 Å². The summed E-state index contributed by atoms with van der Waals surface area (Å²) >= 11 is 0. The smallest absolute Gasteiger partial charge is 0.232 e. The molecule has 2 heterocycles. The third-order valence-electron chi connectivity index (χ3n) is 6.21. The summed E-state index contributed by atoms with van der Waals surface area (Å²) in [6.45, 7) is 3.33. The zero-order valence-corrected chi connectivity index (χ0v) is 16.9. The molecule has 5 nitrogen and oxygen atoms in total. The number of methoxy groups -OCH3 is 1. The van der Waals surface area contributed by atoms with E-state index in [1.807, 2.05) is 37.3 Å². The number of nitrogens with zero attached hydrogens (tertiary/aromatic N) is 1. The third-order valence-corrected chi connectivity index (χ3v) is 6.21. The van der Waals surface area contributed by atoms with Gasteiger partial charge in [-0.25, -0.2) is 0 Å². The number of Topliss-reactive ketones (excluding diaryl/α,β-unsaturated/α-hetero) is 1. The van der Waals surface area contributed by atoms with Gasteiger partial charge in [-0.3, -0.25) is 9.69 Å². The van der Waals surface area contributed by atoms with Gasteiger partial charge in [0.1, 0.15) is 24.0 Å². The highest BCUT2D eigenvalue weighted by atomic mass is 16.5. The fourth-order valence-electron chi connectivity index (χ4n) is 4.60. The van der Waals surface area contributed by atoms with Crippen molar-refractivity contribution in [3.63, 3.8) is 0 Å². The molecular weight excluding hydrogens is 366 g/mol. The van der Waals surface area contributed by atoms with E-state index in [1.165, 1.54) is 25.7 Å². The molecule has 0 atom stereocenters. The van der Waals surface area contributed by atoms with Gasteiger partial charge in [-0.05, 0) is 55.2 Å². The second-order valence-corrected chi connectivity index (χ2v) is 8.05. The Kier molecular flexibility index (Phi) is 4.55. The highest BCUT2D eigenvalue weighted by Crippen LogP contribution is 2.44. The Morgan fingerprint density at radius 3 is 2.66 bits per heavy atom. The molecule has 0 spiro atoms. The third kappa shape index (κ3) is 3.19. The van der Waals surface area contributed by atoms with E-state index in [2.05, 4.69) is 4.90 Å². The molecule has 150 valence electrons. The summed E-state index contributed by atoms with van der Waals surface area (Å²) in [6, 6.07) is 10.1. The van der Waals surface area contributed by atoms with Crippen LogP contribution in [0.1, 0.15) is 52.7 Å². The fourth-order valence-corrected chi connectivity index (χ4v) is 4.60. The standard InChI is InChI=1S/C24H25NO4/c1-15-11-20-19(13-25(14-28-20)17-5-3-4-6-17)24-22(15)23(26)21(29-24)12-16-7-9-18(27-2)10-8-16/h7-12,17H,3-6,13-14H2,1-2H3/b21-12-. The minimum atomic E-state index is -0.0610. The van der Waals surface area contributed by atoms with E-state index in [0.717, 1.165) is 34.7 Å². The zero-order valence-electron chi connectivity index (χ0n) is 16.9. The number of benzene rings is 2. The molecule has 0 radical (unpaired) electrons. The summed E-state index contributed by atoms with van der Waals surface area (Å²) in [7, 11) is 1.64. The van der Waals surface area contributed by atoms with Crippen LogP contribution in [0.25, 0.3) is 6.08 Å². The van der Waals surface area contributed by atoms with Crippen LogP contribution in [0.15, 0.2) is 36.1 Å². The molecule has 1 aliphatic carbocycles. The molecule has 5 heteroatoms. The summed E-state index contributed by atoms with van der Waals surface area (Å²) in [6.07, 6.45) is 6.80. The fraction of sp³-hybridized carbons (Fsp3) is 0.375. The Hall–Kier alpha value is -2.79. The topological polar surface area (TPSA) is 48.0 Å². The van der Waals surface area contributed by atoms with Crippen molar-refractivity contribution in [2.75, 3.05) is 13.8 Å². The lowest BCUT2D eigenvalue weighted by atomic mass is 9.98. The molecule has 2 aromatic rings. The van der Waals surface area contributed by atoms with Gasteiger partial charge < -0.3 is 14.2 Å². The Labute approximate surface area is 170 Å². The van der Waals surface area contributed by atoms with E-state index in [4.69, 9.17) is 14.2 Å². The predicted octanol–water partition coefficient (Wildman–Crippen LogP) is 4.71. The summed E-state index contributed by atoms with van der Waals surface area (Å²) in [5, 5.41) is 0. The van der Waals surface area contributed by atoms with Crippen molar-refractivity contribution in [2.24, 2.45) is 0 Å². The van der Waals surface area contributed by atoms with Crippen LogP contribution >= 0.6 is 0 Å². The lowest BCUT2D eigenvalue weighted by molar-refractivity contribution is 0.0567. The summed E-state index contributed by atoms with van der Waals surface area (Å²) in [5.41, 5.74) is 3.46. The van der Waals surface area contributed by atoms with E-state index >= 15 is 0 Å². The molecular formula is C24H25NO4. The molecule has 2 aromatic carbocycles. The maximum absolute atomic E-state index is 13.1. The SMILES string of the molecule is COc1ccc(/C=C2\Oc3c4c(cc(C)c3C2=O)OCN(C2CCCC2)C4)cc1. The second-order valence-electron chi connectivity index (χ2n) is 8.05. The summed E-state index contributed by atoms with van der Waals surface area (Å²) in [5.74, 6) is 2.60. The van der Waals surface area contributed by atoms with Gasteiger partial charge in [-0.2, -0.15) is 0 Å². The van der Waals surface area contributed by atoms with E-state index in [1.54, 1.807) is 13.2 Å². The highest BCUT2D eigenvalue weighted by Gasteiger charge is 2.36.